The van der Waals surface area contributed by atoms with Gasteiger partial charge in [0.1, 0.15) is 5.78 Å². The third-order valence-corrected chi connectivity index (χ3v) is 9.42. The van der Waals surface area contributed by atoms with Crippen LogP contribution in [0, 0.1) is 46.3 Å². The van der Waals surface area contributed by atoms with Gasteiger partial charge in [0, 0.05) is 5.92 Å². The fourth-order valence-corrected chi connectivity index (χ4v) is 8.46. The van der Waals surface area contributed by atoms with Gasteiger partial charge in [-0.15, -0.1) is 0 Å². The Labute approximate surface area is 147 Å². The molecule has 1 N–H and O–H groups in total. The first-order valence-electron chi connectivity index (χ1n) is 10.5. The van der Waals surface area contributed by atoms with Gasteiger partial charge in [-0.25, -0.2) is 0 Å². The van der Waals surface area contributed by atoms with Crippen molar-refractivity contribution in [1.82, 2.24) is 0 Å². The Morgan fingerprint density at radius 2 is 1.67 bits per heavy atom. The first-order valence-corrected chi connectivity index (χ1v) is 10.5. The van der Waals surface area contributed by atoms with Crippen LogP contribution in [0.2, 0.25) is 0 Å². The third kappa shape index (κ3) is 2.20. The van der Waals surface area contributed by atoms with Gasteiger partial charge in [-0.2, -0.15) is 0 Å². The summed E-state index contributed by atoms with van der Waals surface area (Å²) in [5.41, 5.74) is 0.699. The third-order valence-electron chi connectivity index (χ3n) is 9.42. The van der Waals surface area contributed by atoms with Gasteiger partial charge in [-0.3, -0.25) is 4.79 Å². The molecule has 9 atom stereocenters. The number of fused-ring (bicyclic) bond motifs is 5. The Morgan fingerprint density at radius 1 is 0.958 bits per heavy atom. The Bertz CT molecular complexity index is 528. The molecule has 0 radical (unpaired) electrons. The molecule has 136 valence electrons. The van der Waals surface area contributed by atoms with Crippen LogP contribution in [-0.4, -0.2) is 17.0 Å². The molecule has 4 aliphatic rings. The minimum atomic E-state index is -0.0536. The normalized spacial score (nSPS) is 57.0. The van der Waals surface area contributed by atoms with Crippen molar-refractivity contribution in [2.24, 2.45) is 46.3 Å². The fraction of sp³-hybridized carbons (Fsp3) is 0.955. The smallest absolute Gasteiger partial charge is 0.133 e. The Morgan fingerprint density at radius 3 is 2.38 bits per heavy atom. The number of Topliss-reactive ketones (excluding diaryl/α,β-unsaturated/α-hetero) is 1. The van der Waals surface area contributed by atoms with Gasteiger partial charge in [-0.05, 0) is 98.7 Å². The highest BCUT2D eigenvalue weighted by Gasteiger charge is 2.62. The van der Waals surface area contributed by atoms with Gasteiger partial charge in [0.05, 0.1) is 6.10 Å². The van der Waals surface area contributed by atoms with Crippen molar-refractivity contribution in [1.29, 1.82) is 0 Å². The second-order valence-electron chi connectivity index (χ2n) is 10.4. The molecule has 0 aliphatic heterocycles. The molecular weight excluding hydrogens is 296 g/mol. The molecule has 2 nitrogen and oxygen atoms in total. The predicted molar refractivity (Wildman–Crippen MR) is 96.5 cm³/mol. The zero-order chi connectivity index (χ0) is 17.3. The molecule has 4 saturated carbocycles. The maximum atomic E-state index is 12.4. The van der Waals surface area contributed by atoms with Crippen LogP contribution in [0.1, 0.15) is 79.1 Å². The molecule has 0 heterocycles. The van der Waals surface area contributed by atoms with Gasteiger partial charge in [0.15, 0.2) is 0 Å². The molecule has 0 aromatic rings. The lowest BCUT2D eigenvalue weighted by Gasteiger charge is -2.60. The molecule has 0 amide bonds. The van der Waals surface area contributed by atoms with Crippen molar-refractivity contribution in [2.75, 3.05) is 0 Å². The van der Waals surface area contributed by atoms with Gasteiger partial charge in [0.25, 0.3) is 0 Å². The summed E-state index contributed by atoms with van der Waals surface area (Å²) in [7, 11) is 0. The molecular formula is C22H36O2. The molecule has 0 spiro atoms. The van der Waals surface area contributed by atoms with E-state index in [4.69, 9.17) is 0 Å². The van der Waals surface area contributed by atoms with Gasteiger partial charge >= 0.3 is 0 Å². The molecule has 0 saturated heterocycles. The summed E-state index contributed by atoms with van der Waals surface area (Å²) in [6.07, 6.45) is 9.69. The van der Waals surface area contributed by atoms with E-state index in [-0.39, 0.29) is 11.5 Å². The number of carbonyl (C=O) groups excluding carboxylic acids is 1. The number of hydrogen-bond acceptors (Lipinski definition) is 2. The molecule has 0 aromatic carbocycles. The van der Waals surface area contributed by atoms with Crippen LogP contribution < -0.4 is 0 Å². The van der Waals surface area contributed by atoms with E-state index >= 15 is 0 Å². The number of aliphatic hydroxyl groups excluding tert-OH is 1. The molecule has 24 heavy (non-hydrogen) atoms. The minimum absolute atomic E-state index is 0.0536. The summed E-state index contributed by atoms with van der Waals surface area (Å²) in [5, 5.41) is 10.1. The summed E-state index contributed by atoms with van der Waals surface area (Å²) in [4.78, 5) is 12.4. The predicted octanol–water partition coefficient (Wildman–Crippen LogP) is 4.84. The van der Waals surface area contributed by atoms with Crippen LogP contribution in [0.4, 0.5) is 0 Å². The summed E-state index contributed by atoms with van der Waals surface area (Å²) in [6, 6.07) is 0. The van der Waals surface area contributed by atoms with Crippen molar-refractivity contribution < 1.29 is 9.90 Å². The van der Waals surface area contributed by atoms with Crippen LogP contribution in [0.15, 0.2) is 0 Å². The first-order chi connectivity index (χ1) is 11.3. The van der Waals surface area contributed by atoms with Crippen LogP contribution in [0.3, 0.4) is 0 Å². The molecule has 0 unspecified atom stereocenters. The lowest BCUT2D eigenvalue weighted by molar-refractivity contribution is -0.139. The zero-order valence-electron chi connectivity index (χ0n) is 16.1. The Balaban J connectivity index is 1.64. The molecule has 4 aliphatic carbocycles. The highest BCUT2D eigenvalue weighted by molar-refractivity contribution is 5.80. The summed E-state index contributed by atoms with van der Waals surface area (Å²) < 4.78 is 0. The lowest BCUT2D eigenvalue weighted by Crippen LogP contribution is -2.54. The number of carbonyl (C=O) groups is 1. The maximum absolute atomic E-state index is 12.4. The molecule has 0 aromatic heterocycles. The van der Waals surface area contributed by atoms with E-state index in [1.165, 1.54) is 38.5 Å². The standard InChI is InChI=1S/C22H36O2/c1-13-11-19-17-6-5-15-12-16(24)7-9-21(15,3)18(17)8-10-22(19,4)20(13)14(2)23/h13,15-20,24H,5-12H2,1-4H3/t13-,15+,16-,17-,18-,19-,20+,21+,22-/m1/s1. The summed E-state index contributed by atoms with van der Waals surface area (Å²) >= 11 is 0. The number of rotatable bonds is 1. The van der Waals surface area contributed by atoms with E-state index < -0.39 is 0 Å². The molecule has 0 bridgehead atoms. The quantitative estimate of drug-likeness (QED) is 0.746. The van der Waals surface area contributed by atoms with Crippen LogP contribution in [0.5, 0.6) is 0 Å². The molecule has 2 heteroatoms. The first kappa shape index (κ1) is 17.1. The summed E-state index contributed by atoms with van der Waals surface area (Å²) in [5.74, 6) is 4.44. The Hall–Kier alpha value is -0.370. The van der Waals surface area contributed by atoms with Gasteiger partial charge in [-0.1, -0.05) is 20.8 Å². The Kier molecular flexibility index (Phi) is 3.95. The monoisotopic (exact) mass is 332 g/mol. The SMILES string of the molecule is CC(=O)[C@@H]1[C@H](C)C[C@@H]2[C@@H]3CC[C@H]4C[C@H](O)CC[C@]4(C)[C@@H]3CC[C@]21C. The highest BCUT2D eigenvalue weighted by atomic mass is 16.3. The van der Waals surface area contributed by atoms with Crippen molar-refractivity contribution in [3.63, 3.8) is 0 Å². The number of hydrogen-bond donors (Lipinski definition) is 1. The van der Waals surface area contributed by atoms with Crippen molar-refractivity contribution in [2.45, 2.75) is 85.2 Å². The van der Waals surface area contributed by atoms with Gasteiger partial charge < -0.3 is 5.11 Å². The average molecular weight is 333 g/mol. The second kappa shape index (κ2) is 5.56. The average Bonchev–Trinajstić information content (AvgIpc) is 2.78. The minimum Gasteiger partial charge on any atom is -0.393 e. The van der Waals surface area contributed by atoms with E-state index in [0.29, 0.717) is 23.0 Å². The lowest BCUT2D eigenvalue weighted by atomic mass is 9.44. The van der Waals surface area contributed by atoms with Crippen LogP contribution >= 0.6 is 0 Å². The van der Waals surface area contributed by atoms with Crippen LogP contribution in [0.25, 0.3) is 0 Å². The van der Waals surface area contributed by atoms with Crippen LogP contribution in [-0.2, 0) is 4.79 Å². The van der Waals surface area contributed by atoms with Crippen molar-refractivity contribution in [3.8, 4) is 0 Å². The number of ketones is 1. The van der Waals surface area contributed by atoms with Crippen molar-refractivity contribution in [3.05, 3.63) is 0 Å². The molecule has 4 rings (SSSR count). The van der Waals surface area contributed by atoms with E-state index in [2.05, 4.69) is 20.8 Å². The van der Waals surface area contributed by atoms with Gasteiger partial charge in [0.2, 0.25) is 0 Å². The highest BCUT2D eigenvalue weighted by Crippen LogP contribution is 2.68. The maximum Gasteiger partial charge on any atom is 0.133 e. The second-order valence-corrected chi connectivity index (χ2v) is 10.4. The van der Waals surface area contributed by atoms with Crippen molar-refractivity contribution >= 4 is 5.78 Å². The fourth-order valence-electron chi connectivity index (χ4n) is 8.46. The topological polar surface area (TPSA) is 37.3 Å². The van der Waals surface area contributed by atoms with E-state index in [1.54, 1.807) is 0 Å². The van der Waals surface area contributed by atoms with E-state index in [1.807, 2.05) is 6.92 Å². The molecule has 4 fully saturated rings. The summed E-state index contributed by atoms with van der Waals surface area (Å²) in [6.45, 7) is 9.16. The van der Waals surface area contributed by atoms with E-state index in [0.717, 1.165) is 36.5 Å². The van der Waals surface area contributed by atoms with E-state index in [9.17, 15) is 9.90 Å². The zero-order valence-corrected chi connectivity index (χ0v) is 16.1. The largest absolute Gasteiger partial charge is 0.393 e. The number of aliphatic hydroxyl groups is 1.